The summed E-state index contributed by atoms with van der Waals surface area (Å²) in [5, 5.41) is 3.84. The van der Waals surface area contributed by atoms with Crippen molar-refractivity contribution in [3.8, 4) is 0 Å². The SMILES string of the molecule is CCCCN1CC[N+](CCCC)=C1N=[N+]=[N-].F[P-](F)(F)(F)(F)F. The zero-order valence-electron chi connectivity index (χ0n) is 13.1. The quantitative estimate of drug-likeness (QED) is 0.142. The van der Waals surface area contributed by atoms with Gasteiger partial charge in [0.2, 0.25) is 0 Å². The Morgan fingerprint density at radius 2 is 1.65 bits per heavy atom. The number of nitrogens with zero attached hydrogens (tertiary/aromatic N) is 5. The van der Waals surface area contributed by atoms with Gasteiger partial charge in [0, 0.05) is 10.0 Å². The number of hydrogen-bond donors (Lipinski definition) is 0. The fraction of sp³-hybridized carbons (Fsp3) is 0.909. The van der Waals surface area contributed by atoms with Crippen LogP contribution in [0.25, 0.3) is 10.4 Å². The Morgan fingerprint density at radius 3 is 2.09 bits per heavy atom. The van der Waals surface area contributed by atoms with Gasteiger partial charge in [-0.25, -0.2) is 0 Å². The van der Waals surface area contributed by atoms with Gasteiger partial charge < -0.3 is 0 Å². The molecule has 138 valence electrons. The van der Waals surface area contributed by atoms with Crippen LogP contribution in [0.1, 0.15) is 39.5 Å². The molecule has 1 heterocycles. The maximum atomic E-state index is 9.87. The number of rotatable bonds is 6. The van der Waals surface area contributed by atoms with Crippen LogP contribution in [-0.2, 0) is 0 Å². The minimum atomic E-state index is -10.7. The van der Waals surface area contributed by atoms with Crippen molar-refractivity contribution < 1.29 is 29.8 Å². The topological polar surface area (TPSA) is 55.0 Å². The van der Waals surface area contributed by atoms with Gasteiger partial charge >= 0.3 is 33.0 Å². The summed E-state index contributed by atoms with van der Waals surface area (Å²) in [6.07, 6.45) is 4.67. The van der Waals surface area contributed by atoms with E-state index in [9.17, 15) is 25.2 Å². The van der Waals surface area contributed by atoms with E-state index < -0.39 is 7.81 Å². The Kier molecular flexibility index (Phi) is 7.17. The minimum absolute atomic E-state index is 0.837. The molecule has 1 aliphatic rings. The van der Waals surface area contributed by atoms with Crippen molar-refractivity contribution in [3.63, 3.8) is 0 Å². The molecule has 0 radical (unpaired) electrons. The van der Waals surface area contributed by atoms with E-state index in [4.69, 9.17) is 5.53 Å². The molecule has 0 N–H and O–H groups in total. The Hall–Kier alpha value is -1.21. The van der Waals surface area contributed by atoms with Gasteiger partial charge in [0.1, 0.15) is 0 Å². The van der Waals surface area contributed by atoms with Crippen LogP contribution >= 0.6 is 7.81 Å². The second-order valence-electron chi connectivity index (χ2n) is 5.13. The molecule has 0 amide bonds. The van der Waals surface area contributed by atoms with E-state index in [0.29, 0.717) is 0 Å². The van der Waals surface area contributed by atoms with E-state index in [1.807, 2.05) is 0 Å². The molecule has 0 bridgehead atoms. The molecule has 0 saturated heterocycles. The van der Waals surface area contributed by atoms with Crippen LogP contribution in [0.5, 0.6) is 0 Å². The fourth-order valence-electron chi connectivity index (χ4n) is 1.93. The first-order chi connectivity index (χ1) is 10.3. The van der Waals surface area contributed by atoms with Crippen molar-refractivity contribution in [1.82, 2.24) is 4.90 Å². The van der Waals surface area contributed by atoms with Crippen LogP contribution in [0.3, 0.4) is 0 Å². The molecule has 12 heteroatoms. The van der Waals surface area contributed by atoms with E-state index in [1.165, 1.54) is 12.8 Å². The average molecular weight is 369 g/mol. The average Bonchev–Trinajstić information content (AvgIpc) is 2.73. The summed E-state index contributed by atoms with van der Waals surface area (Å²) in [5.74, 6) is 0.837. The van der Waals surface area contributed by atoms with Gasteiger partial charge in [0.15, 0.2) is 0 Å². The number of guanidine groups is 1. The van der Waals surface area contributed by atoms with E-state index in [1.54, 1.807) is 0 Å². The molecule has 0 fully saturated rings. The third kappa shape index (κ3) is 14.1. The molecule has 0 aromatic heterocycles. The van der Waals surface area contributed by atoms with Gasteiger partial charge in [-0.2, -0.15) is 0 Å². The van der Waals surface area contributed by atoms with Gasteiger partial charge in [0.05, 0.1) is 26.2 Å². The van der Waals surface area contributed by atoms with Crippen LogP contribution in [0.15, 0.2) is 5.11 Å². The molecule has 0 aromatic carbocycles. The molecule has 0 atom stereocenters. The van der Waals surface area contributed by atoms with Gasteiger partial charge in [-0.15, -0.1) is 0 Å². The number of halogens is 6. The molecule has 0 unspecified atom stereocenters. The van der Waals surface area contributed by atoms with Crippen LogP contribution in [-0.4, -0.2) is 41.6 Å². The molecule has 0 spiro atoms. The summed E-state index contributed by atoms with van der Waals surface area (Å²) in [5.41, 5.74) is 8.60. The number of unbranched alkanes of at least 4 members (excludes halogenated alkanes) is 2. The zero-order valence-corrected chi connectivity index (χ0v) is 14.0. The first-order valence-electron chi connectivity index (χ1n) is 7.26. The van der Waals surface area contributed by atoms with Gasteiger partial charge in [-0.05, 0) is 18.4 Å². The van der Waals surface area contributed by atoms with E-state index in [0.717, 1.165) is 45.0 Å². The molecule has 0 aromatic rings. The first-order valence-corrected chi connectivity index (χ1v) is 9.29. The molecule has 1 rings (SSSR count). The Morgan fingerprint density at radius 1 is 1.13 bits per heavy atom. The van der Waals surface area contributed by atoms with Gasteiger partial charge in [-0.3, -0.25) is 9.48 Å². The molecule has 5 nitrogen and oxygen atoms in total. The van der Waals surface area contributed by atoms with Crippen LogP contribution in [0.2, 0.25) is 0 Å². The Labute approximate surface area is 130 Å². The normalized spacial score (nSPS) is 17.8. The first kappa shape index (κ1) is 21.8. The van der Waals surface area contributed by atoms with E-state index >= 15 is 0 Å². The monoisotopic (exact) mass is 369 g/mol. The zero-order chi connectivity index (χ0) is 18.2. The molecule has 0 aliphatic carbocycles. The van der Waals surface area contributed by atoms with Crippen LogP contribution in [0, 0.1) is 0 Å². The summed E-state index contributed by atoms with van der Waals surface area (Å²) in [7, 11) is -10.7. The summed E-state index contributed by atoms with van der Waals surface area (Å²) >= 11 is 0. The summed E-state index contributed by atoms with van der Waals surface area (Å²) in [4.78, 5) is 5.15. The Balaban J connectivity index is 0.000000585. The van der Waals surface area contributed by atoms with Crippen molar-refractivity contribution in [1.29, 1.82) is 0 Å². The summed E-state index contributed by atoms with van der Waals surface area (Å²) in [6.45, 7) is 8.37. The third-order valence-electron chi connectivity index (χ3n) is 2.90. The van der Waals surface area contributed by atoms with E-state index in [-0.39, 0.29) is 0 Å². The number of hydrogen-bond acceptors (Lipinski definition) is 2. The summed E-state index contributed by atoms with van der Waals surface area (Å²) in [6, 6.07) is 0. The standard InChI is InChI=1S/C11H22N5.F6P/c1-3-5-7-15-9-10-16(8-6-4-2)11(15)13-14-12;1-7(2,3,4,5)6/h3-10H2,1-2H3;/q+1;-1. The van der Waals surface area contributed by atoms with Crippen LogP contribution < -0.4 is 0 Å². The second-order valence-corrected chi connectivity index (χ2v) is 7.05. The van der Waals surface area contributed by atoms with Crippen molar-refractivity contribution in [2.75, 3.05) is 26.2 Å². The molecule has 1 aliphatic heterocycles. The predicted molar refractivity (Wildman–Crippen MR) is 79.1 cm³/mol. The summed E-state index contributed by atoms with van der Waals surface area (Å²) < 4.78 is 61.4. The van der Waals surface area contributed by atoms with Gasteiger partial charge in [0.25, 0.3) is 5.96 Å². The Bertz CT molecular complexity index is 457. The molecule has 23 heavy (non-hydrogen) atoms. The number of azide groups is 1. The molecular formula is C11H22F6N5P. The predicted octanol–water partition coefficient (Wildman–Crippen LogP) is 5.96. The van der Waals surface area contributed by atoms with Crippen LogP contribution in [0.4, 0.5) is 25.2 Å². The molecular weight excluding hydrogens is 347 g/mol. The second kappa shape index (κ2) is 7.57. The molecule has 0 saturated carbocycles. The van der Waals surface area contributed by atoms with E-state index in [2.05, 4.69) is 33.3 Å². The van der Waals surface area contributed by atoms with Crippen molar-refractivity contribution in [2.24, 2.45) is 5.11 Å². The van der Waals surface area contributed by atoms with Crippen molar-refractivity contribution in [2.45, 2.75) is 39.5 Å². The van der Waals surface area contributed by atoms with Gasteiger partial charge in [-0.1, -0.05) is 26.7 Å². The van der Waals surface area contributed by atoms with Crippen molar-refractivity contribution in [3.05, 3.63) is 10.4 Å². The fourth-order valence-corrected chi connectivity index (χ4v) is 1.93. The maximum absolute atomic E-state index is 10.7. The third-order valence-corrected chi connectivity index (χ3v) is 2.90. The van der Waals surface area contributed by atoms with Crippen molar-refractivity contribution >= 4 is 13.8 Å².